The fourth-order valence-corrected chi connectivity index (χ4v) is 2.94. The standard InChI is InChI=1S/C14H21O8P/c15-13(16)7-6-12(14(17)18)8-9-23(19,20)22-21-10-11-4-2-1-3-5-11/h1-4,11-12H,5-10H2,(H,15,16)(H,17,18)(H,19,20). The fraction of sp³-hybridized carbons (Fsp3) is 0.571. The number of carboxylic acids is 2. The van der Waals surface area contributed by atoms with E-state index in [1.807, 2.05) is 24.3 Å². The van der Waals surface area contributed by atoms with Gasteiger partial charge in [-0.15, -0.1) is 4.67 Å². The highest BCUT2D eigenvalue weighted by molar-refractivity contribution is 7.52. The predicted octanol–water partition coefficient (Wildman–Crippen LogP) is 2.21. The third-order valence-electron chi connectivity index (χ3n) is 3.34. The molecule has 1 rings (SSSR count). The van der Waals surface area contributed by atoms with E-state index >= 15 is 0 Å². The summed E-state index contributed by atoms with van der Waals surface area (Å²) in [6, 6.07) is 0. The molecule has 0 aromatic rings. The van der Waals surface area contributed by atoms with Gasteiger partial charge < -0.3 is 15.1 Å². The minimum Gasteiger partial charge on any atom is -0.481 e. The van der Waals surface area contributed by atoms with E-state index in [-0.39, 0.29) is 31.8 Å². The summed E-state index contributed by atoms with van der Waals surface area (Å²) in [5.74, 6) is -3.27. The van der Waals surface area contributed by atoms with Crippen molar-refractivity contribution < 1.29 is 38.8 Å². The van der Waals surface area contributed by atoms with E-state index in [0.29, 0.717) is 0 Å². The van der Waals surface area contributed by atoms with Gasteiger partial charge in [0, 0.05) is 12.3 Å². The van der Waals surface area contributed by atoms with Gasteiger partial charge in [-0.1, -0.05) is 24.3 Å². The SMILES string of the molecule is O=C(O)CCC(CCP(=O)(O)OOCC1C=CC=CC1)C(=O)O. The van der Waals surface area contributed by atoms with Gasteiger partial charge in [0.2, 0.25) is 0 Å². The van der Waals surface area contributed by atoms with Crippen molar-refractivity contribution in [2.24, 2.45) is 11.8 Å². The number of hydrogen-bond acceptors (Lipinski definition) is 5. The quantitative estimate of drug-likeness (QED) is 0.294. The number of rotatable bonds is 11. The molecule has 0 bridgehead atoms. The summed E-state index contributed by atoms with van der Waals surface area (Å²) < 4.78 is 16.3. The third kappa shape index (κ3) is 8.66. The van der Waals surface area contributed by atoms with Gasteiger partial charge in [0.05, 0.1) is 18.7 Å². The van der Waals surface area contributed by atoms with E-state index in [9.17, 15) is 19.0 Å². The maximum atomic E-state index is 11.8. The predicted molar refractivity (Wildman–Crippen MR) is 80.7 cm³/mol. The number of allylic oxidation sites excluding steroid dienone is 3. The summed E-state index contributed by atoms with van der Waals surface area (Å²) in [6.45, 7) is 0.118. The Balaban J connectivity index is 2.32. The van der Waals surface area contributed by atoms with Crippen LogP contribution in [0.1, 0.15) is 25.7 Å². The summed E-state index contributed by atoms with van der Waals surface area (Å²) in [6.07, 6.45) is 7.30. The van der Waals surface area contributed by atoms with Crippen molar-refractivity contribution in [2.45, 2.75) is 25.7 Å². The molecule has 0 heterocycles. The Morgan fingerprint density at radius 1 is 1.26 bits per heavy atom. The Morgan fingerprint density at radius 3 is 2.57 bits per heavy atom. The van der Waals surface area contributed by atoms with Crippen LogP contribution < -0.4 is 0 Å². The van der Waals surface area contributed by atoms with Gasteiger partial charge in [0.1, 0.15) is 0 Å². The number of carboxylic acid groups (broad SMARTS) is 2. The third-order valence-corrected chi connectivity index (χ3v) is 4.50. The van der Waals surface area contributed by atoms with Crippen molar-refractivity contribution in [2.75, 3.05) is 12.8 Å². The topological polar surface area (TPSA) is 130 Å². The van der Waals surface area contributed by atoms with Gasteiger partial charge in [-0.3, -0.25) is 14.2 Å². The minimum absolute atomic E-state index is 0.0577. The second-order valence-corrected chi connectivity index (χ2v) is 7.16. The zero-order valence-corrected chi connectivity index (χ0v) is 13.4. The molecule has 0 aromatic heterocycles. The first-order valence-corrected chi connectivity index (χ1v) is 8.97. The molecule has 0 saturated carbocycles. The molecule has 0 spiro atoms. The van der Waals surface area contributed by atoms with Crippen LogP contribution >= 0.6 is 7.60 Å². The molecule has 130 valence electrons. The molecular weight excluding hydrogens is 327 g/mol. The van der Waals surface area contributed by atoms with Crippen molar-refractivity contribution >= 4 is 19.5 Å². The molecule has 0 fully saturated rings. The highest BCUT2D eigenvalue weighted by atomic mass is 31.2. The maximum absolute atomic E-state index is 11.8. The smallest absolute Gasteiger partial charge is 0.355 e. The van der Waals surface area contributed by atoms with Crippen molar-refractivity contribution in [1.82, 2.24) is 0 Å². The summed E-state index contributed by atoms with van der Waals surface area (Å²) in [5, 5.41) is 17.5. The Bertz CT molecular complexity index is 513. The average Bonchev–Trinajstić information content (AvgIpc) is 2.47. The second kappa shape index (κ2) is 9.62. The van der Waals surface area contributed by atoms with Crippen LogP contribution in [0, 0.1) is 11.8 Å². The lowest BCUT2D eigenvalue weighted by atomic mass is 10.0. The van der Waals surface area contributed by atoms with Crippen LogP contribution in [0.3, 0.4) is 0 Å². The van der Waals surface area contributed by atoms with Crippen LogP contribution in [0.5, 0.6) is 0 Å². The molecule has 3 unspecified atom stereocenters. The van der Waals surface area contributed by atoms with Gasteiger partial charge in [-0.2, -0.15) is 0 Å². The number of aliphatic carboxylic acids is 2. The van der Waals surface area contributed by atoms with Crippen molar-refractivity contribution in [3.05, 3.63) is 24.3 Å². The highest BCUT2D eigenvalue weighted by Crippen LogP contribution is 2.44. The molecule has 3 atom stereocenters. The monoisotopic (exact) mass is 348 g/mol. The first-order valence-electron chi connectivity index (χ1n) is 7.21. The molecule has 1 aliphatic carbocycles. The number of carbonyl (C=O) groups is 2. The van der Waals surface area contributed by atoms with Crippen LogP contribution in [0.4, 0.5) is 0 Å². The van der Waals surface area contributed by atoms with Gasteiger partial charge in [0.15, 0.2) is 0 Å². The molecule has 23 heavy (non-hydrogen) atoms. The highest BCUT2D eigenvalue weighted by Gasteiger charge is 2.27. The van der Waals surface area contributed by atoms with Crippen LogP contribution in [0.25, 0.3) is 0 Å². The van der Waals surface area contributed by atoms with Crippen LogP contribution in [0.2, 0.25) is 0 Å². The van der Waals surface area contributed by atoms with E-state index in [2.05, 4.69) is 4.67 Å². The summed E-state index contributed by atoms with van der Waals surface area (Å²) in [5.41, 5.74) is 0. The van der Waals surface area contributed by atoms with Crippen molar-refractivity contribution in [3.63, 3.8) is 0 Å². The first-order chi connectivity index (χ1) is 10.8. The van der Waals surface area contributed by atoms with Crippen molar-refractivity contribution in [3.8, 4) is 0 Å². The zero-order valence-electron chi connectivity index (χ0n) is 12.5. The molecule has 0 amide bonds. The van der Waals surface area contributed by atoms with E-state index in [1.54, 1.807) is 0 Å². The Kier molecular flexibility index (Phi) is 8.19. The summed E-state index contributed by atoms with van der Waals surface area (Å²) in [4.78, 5) is 35.9. The van der Waals surface area contributed by atoms with Gasteiger partial charge >= 0.3 is 19.5 Å². The molecule has 3 N–H and O–H groups in total. The fourth-order valence-electron chi connectivity index (χ4n) is 2.00. The Hall–Kier alpha value is -1.47. The second-order valence-electron chi connectivity index (χ2n) is 5.29. The lowest BCUT2D eigenvalue weighted by Crippen LogP contribution is -2.17. The Morgan fingerprint density at radius 2 is 2.00 bits per heavy atom. The van der Waals surface area contributed by atoms with Crippen LogP contribution in [0.15, 0.2) is 24.3 Å². The zero-order chi connectivity index (χ0) is 17.3. The van der Waals surface area contributed by atoms with E-state index in [0.717, 1.165) is 6.42 Å². The average molecular weight is 348 g/mol. The summed E-state index contributed by atoms with van der Waals surface area (Å²) >= 11 is 0. The van der Waals surface area contributed by atoms with Crippen molar-refractivity contribution in [1.29, 1.82) is 0 Å². The lowest BCUT2D eigenvalue weighted by molar-refractivity contribution is -0.219. The molecule has 1 aliphatic rings. The van der Waals surface area contributed by atoms with Crippen LogP contribution in [-0.2, 0) is 23.7 Å². The largest absolute Gasteiger partial charge is 0.481 e. The van der Waals surface area contributed by atoms with Crippen LogP contribution in [-0.4, -0.2) is 39.8 Å². The molecule has 0 saturated heterocycles. The lowest BCUT2D eigenvalue weighted by Gasteiger charge is -2.16. The molecule has 0 radical (unpaired) electrons. The van der Waals surface area contributed by atoms with Gasteiger partial charge in [0.25, 0.3) is 0 Å². The number of hydrogen-bond donors (Lipinski definition) is 3. The molecular formula is C14H21O8P. The van der Waals surface area contributed by atoms with E-state index < -0.39 is 31.6 Å². The maximum Gasteiger partial charge on any atom is 0.355 e. The van der Waals surface area contributed by atoms with Gasteiger partial charge in [-0.05, 0) is 19.3 Å². The molecule has 0 aliphatic heterocycles. The summed E-state index contributed by atoms with van der Waals surface area (Å²) in [7, 11) is -4.08. The molecule has 9 heteroatoms. The van der Waals surface area contributed by atoms with E-state index in [4.69, 9.17) is 15.1 Å². The van der Waals surface area contributed by atoms with E-state index in [1.165, 1.54) is 0 Å². The molecule has 0 aromatic carbocycles. The normalized spacial score (nSPS) is 20.8. The molecule has 8 nitrogen and oxygen atoms in total. The van der Waals surface area contributed by atoms with Gasteiger partial charge in [-0.25, -0.2) is 4.89 Å². The minimum atomic E-state index is -4.08. The Labute approximate surface area is 133 Å². The first kappa shape index (κ1) is 19.6.